The average Bonchev–Trinajstić information content (AvgIpc) is 2.45. The molecule has 1 aliphatic rings. The highest BCUT2D eigenvalue weighted by atomic mass is 16.5. The molecule has 0 aliphatic carbocycles. The van der Waals surface area contributed by atoms with Crippen molar-refractivity contribution in [1.82, 2.24) is 0 Å². The van der Waals surface area contributed by atoms with E-state index in [4.69, 9.17) is 9.47 Å². The van der Waals surface area contributed by atoms with Gasteiger partial charge in [-0.05, 0) is 18.6 Å². The van der Waals surface area contributed by atoms with Gasteiger partial charge in [0.15, 0.2) is 5.78 Å². The van der Waals surface area contributed by atoms with E-state index in [9.17, 15) is 4.79 Å². The fraction of sp³-hybridized carbons (Fsp3) is 0.533. The highest BCUT2D eigenvalue weighted by Crippen LogP contribution is 2.26. The topological polar surface area (TPSA) is 38.8 Å². The Bertz CT molecular complexity index is 420. The molecule has 0 aromatic heterocycles. The molecule has 1 aromatic carbocycles. The van der Waals surface area contributed by atoms with Crippen molar-refractivity contribution in [2.75, 3.05) is 44.9 Å². The van der Waals surface area contributed by atoms with Gasteiger partial charge in [-0.2, -0.15) is 0 Å². The van der Waals surface area contributed by atoms with Crippen molar-refractivity contribution in [2.45, 2.75) is 12.8 Å². The molecule has 4 heteroatoms. The van der Waals surface area contributed by atoms with E-state index >= 15 is 0 Å². The summed E-state index contributed by atoms with van der Waals surface area (Å²) in [7, 11) is 1.70. The molecule has 1 aromatic rings. The summed E-state index contributed by atoms with van der Waals surface area (Å²) >= 11 is 0. The maximum atomic E-state index is 11.8. The van der Waals surface area contributed by atoms with Crippen molar-refractivity contribution in [3.63, 3.8) is 0 Å². The summed E-state index contributed by atoms with van der Waals surface area (Å²) in [4.78, 5) is 14.0. The number of nitrogens with zero attached hydrogens (tertiary/aromatic N) is 1. The van der Waals surface area contributed by atoms with Gasteiger partial charge in [-0.3, -0.25) is 4.79 Å². The van der Waals surface area contributed by atoms with Gasteiger partial charge in [0.2, 0.25) is 0 Å². The molecule has 0 atom stereocenters. The number of benzene rings is 1. The lowest BCUT2D eigenvalue weighted by molar-refractivity contribution is 0.0968. The minimum atomic E-state index is 0.243. The Morgan fingerprint density at radius 1 is 1.21 bits per heavy atom. The molecule has 0 saturated heterocycles. The van der Waals surface area contributed by atoms with E-state index in [-0.39, 0.29) is 5.78 Å². The molecule has 0 radical (unpaired) electrons. The van der Waals surface area contributed by atoms with Gasteiger partial charge >= 0.3 is 0 Å². The molecule has 19 heavy (non-hydrogen) atoms. The lowest BCUT2D eigenvalue weighted by atomic mass is 10.0. The van der Waals surface area contributed by atoms with Crippen molar-refractivity contribution in [3.05, 3.63) is 29.8 Å². The number of anilines is 1. The molecule has 0 saturated carbocycles. The zero-order valence-corrected chi connectivity index (χ0v) is 11.4. The minimum absolute atomic E-state index is 0.243. The van der Waals surface area contributed by atoms with E-state index in [0.717, 1.165) is 44.0 Å². The van der Waals surface area contributed by atoms with E-state index in [1.807, 2.05) is 24.3 Å². The van der Waals surface area contributed by atoms with Crippen LogP contribution >= 0.6 is 0 Å². The average molecular weight is 263 g/mol. The molecule has 0 amide bonds. The van der Waals surface area contributed by atoms with Crippen LogP contribution in [0.1, 0.15) is 23.2 Å². The second-order valence-corrected chi connectivity index (χ2v) is 4.64. The van der Waals surface area contributed by atoms with Gasteiger partial charge < -0.3 is 14.4 Å². The van der Waals surface area contributed by atoms with Crippen LogP contribution in [0.4, 0.5) is 5.69 Å². The Morgan fingerprint density at radius 2 is 2.05 bits per heavy atom. The van der Waals surface area contributed by atoms with E-state index in [0.29, 0.717) is 13.0 Å². The Labute approximate surface area is 114 Å². The quantitative estimate of drug-likeness (QED) is 0.706. The third-order valence-corrected chi connectivity index (χ3v) is 3.30. The predicted octanol–water partition coefficient (Wildman–Crippen LogP) is 2.13. The lowest BCUT2D eigenvalue weighted by Crippen LogP contribution is -2.34. The number of fused-ring (bicyclic) bond motifs is 1. The number of Topliss-reactive ketones (excluding diaryl/α,β-unsaturated/α-hetero) is 1. The zero-order chi connectivity index (χ0) is 13.5. The fourth-order valence-electron chi connectivity index (χ4n) is 2.29. The number of hydrogen-bond donors (Lipinski definition) is 0. The molecule has 0 fully saturated rings. The number of hydrogen-bond acceptors (Lipinski definition) is 4. The Kier molecular flexibility index (Phi) is 5.36. The number of methoxy groups -OCH3 is 1. The molecular formula is C15H21NO3. The number of carbonyl (C=O) groups is 1. The van der Waals surface area contributed by atoms with E-state index in [1.54, 1.807) is 7.11 Å². The first-order chi connectivity index (χ1) is 9.33. The van der Waals surface area contributed by atoms with Crippen LogP contribution in [-0.2, 0) is 9.47 Å². The second kappa shape index (κ2) is 7.26. The summed E-state index contributed by atoms with van der Waals surface area (Å²) in [5.41, 5.74) is 1.88. The largest absolute Gasteiger partial charge is 0.385 e. The third kappa shape index (κ3) is 3.78. The van der Waals surface area contributed by atoms with Crippen LogP contribution in [-0.4, -0.2) is 45.8 Å². The molecule has 0 spiro atoms. The van der Waals surface area contributed by atoms with Gasteiger partial charge in [-0.25, -0.2) is 0 Å². The Hall–Kier alpha value is -1.39. The molecule has 4 nitrogen and oxygen atoms in total. The summed E-state index contributed by atoms with van der Waals surface area (Å²) in [5, 5.41) is 0. The van der Waals surface area contributed by atoms with Crippen LogP contribution in [0.25, 0.3) is 0 Å². The van der Waals surface area contributed by atoms with Crippen molar-refractivity contribution >= 4 is 11.5 Å². The first-order valence-electron chi connectivity index (χ1n) is 6.77. The van der Waals surface area contributed by atoms with Crippen molar-refractivity contribution in [1.29, 1.82) is 0 Å². The molecule has 0 bridgehead atoms. The lowest BCUT2D eigenvalue weighted by Gasteiger charge is -2.30. The molecule has 1 aliphatic heterocycles. The van der Waals surface area contributed by atoms with Gasteiger partial charge in [-0.1, -0.05) is 12.1 Å². The molecular weight excluding hydrogens is 242 g/mol. The summed E-state index contributed by atoms with van der Waals surface area (Å²) in [6.07, 6.45) is 1.52. The molecule has 1 heterocycles. The van der Waals surface area contributed by atoms with Gasteiger partial charge in [0, 0.05) is 51.1 Å². The third-order valence-electron chi connectivity index (χ3n) is 3.30. The fourth-order valence-corrected chi connectivity index (χ4v) is 2.29. The summed E-state index contributed by atoms with van der Waals surface area (Å²) in [6.45, 7) is 3.77. The molecule has 2 rings (SSSR count). The number of ether oxygens (including phenoxy) is 2. The predicted molar refractivity (Wildman–Crippen MR) is 74.9 cm³/mol. The summed E-state index contributed by atoms with van der Waals surface area (Å²) in [5.74, 6) is 0.243. The Balaban J connectivity index is 1.82. The first-order valence-corrected chi connectivity index (χ1v) is 6.77. The number of rotatable bonds is 7. The zero-order valence-electron chi connectivity index (χ0n) is 11.4. The highest BCUT2D eigenvalue weighted by Gasteiger charge is 2.21. The second-order valence-electron chi connectivity index (χ2n) is 4.64. The molecule has 0 unspecified atom stereocenters. The maximum Gasteiger partial charge on any atom is 0.166 e. The number of para-hydroxylation sites is 1. The normalized spacial score (nSPS) is 14.6. The van der Waals surface area contributed by atoms with Crippen LogP contribution < -0.4 is 4.90 Å². The van der Waals surface area contributed by atoms with Gasteiger partial charge in [0.25, 0.3) is 0 Å². The SMILES string of the molecule is COCCCOCCN1CCC(=O)c2ccccc21. The number of carbonyl (C=O) groups excluding carboxylic acids is 1. The molecule has 104 valence electrons. The van der Waals surface area contributed by atoms with Crippen LogP contribution in [0, 0.1) is 0 Å². The van der Waals surface area contributed by atoms with Crippen LogP contribution in [0.5, 0.6) is 0 Å². The maximum absolute atomic E-state index is 11.8. The monoisotopic (exact) mass is 263 g/mol. The van der Waals surface area contributed by atoms with Gasteiger partial charge in [0.1, 0.15) is 0 Å². The van der Waals surface area contributed by atoms with Crippen LogP contribution in [0.15, 0.2) is 24.3 Å². The van der Waals surface area contributed by atoms with E-state index in [2.05, 4.69) is 4.90 Å². The summed E-state index contributed by atoms with van der Waals surface area (Å²) in [6, 6.07) is 7.81. The van der Waals surface area contributed by atoms with Crippen molar-refractivity contribution < 1.29 is 14.3 Å². The smallest absolute Gasteiger partial charge is 0.166 e. The number of ketones is 1. The van der Waals surface area contributed by atoms with Gasteiger partial charge in [0.05, 0.1) is 6.61 Å². The van der Waals surface area contributed by atoms with Gasteiger partial charge in [-0.15, -0.1) is 0 Å². The van der Waals surface area contributed by atoms with E-state index < -0.39 is 0 Å². The highest BCUT2D eigenvalue weighted by molar-refractivity contribution is 6.03. The van der Waals surface area contributed by atoms with Crippen molar-refractivity contribution in [2.24, 2.45) is 0 Å². The van der Waals surface area contributed by atoms with Crippen LogP contribution in [0.3, 0.4) is 0 Å². The van der Waals surface area contributed by atoms with Crippen molar-refractivity contribution in [3.8, 4) is 0 Å². The minimum Gasteiger partial charge on any atom is -0.385 e. The molecule has 0 N–H and O–H groups in total. The first kappa shape index (κ1) is 14.0. The Morgan fingerprint density at radius 3 is 2.89 bits per heavy atom. The van der Waals surface area contributed by atoms with E-state index in [1.165, 1.54) is 0 Å². The summed E-state index contributed by atoms with van der Waals surface area (Å²) < 4.78 is 10.5. The standard InChI is InChI=1S/C15H21NO3/c1-18-10-4-11-19-12-9-16-8-7-15(17)13-5-2-3-6-14(13)16/h2-3,5-6H,4,7-12H2,1H3. The van der Waals surface area contributed by atoms with Crippen LogP contribution in [0.2, 0.25) is 0 Å².